The summed E-state index contributed by atoms with van der Waals surface area (Å²) in [5, 5.41) is 7.12. The lowest BCUT2D eigenvalue weighted by Gasteiger charge is -2.37. The van der Waals surface area contributed by atoms with Crippen LogP contribution in [-0.4, -0.2) is 92.0 Å². The Bertz CT molecular complexity index is 940. The monoisotopic (exact) mass is 493 g/mol. The van der Waals surface area contributed by atoms with Crippen LogP contribution < -0.4 is 0 Å². The Balaban J connectivity index is 0.000000479. The number of rotatable bonds is 4. The average molecular weight is 494 g/mol. The zero-order chi connectivity index (χ0) is 25.0. The second kappa shape index (κ2) is 10.4. The SMILES string of the molecule is CCN1CC[C@@]2(C(=O)N(C)C)CCN(S(=O)(=O)c3ccccc3)CC[C@@H]12.O=C(O)C(F)(F)F. The van der Waals surface area contributed by atoms with Crippen molar-refractivity contribution in [2.75, 3.05) is 40.3 Å². The second-order valence-electron chi connectivity index (χ2n) is 8.31. The van der Waals surface area contributed by atoms with Gasteiger partial charge < -0.3 is 10.0 Å². The Labute approximate surface area is 192 Å². The van der Waals surface area contributed by atoms with Gasteiger partial charge in [-0.3, -0.25) is 9.69 Å². The fourth-order valence-corrected chi connectivity index (χ4v) is 6.11. The number of likely N-dealkylation sites (tertiary alicyclic amines) is 1. The number of carboxylic acids is 1. The van der Waals surface area contributed by atoms with Crippen molar-refractivity contribution >= 4 is 21.9 Å². The smallest absolute Gasteiger partial charge is 0.475 e. The van der Waals surface area contributed by atoms with Gasteiger partial charge in [-0.25, -0.2) is 13.2 Å². The lowest BCUT2D eigenvalue weighted by atomic mass is 9.75. The lowest BCUT2D eigenvalue weighted by molar-refractivity contribution is -0.192. The number of sulfonamides is 1. The van der Waals surface area contributed by atoms with E-state index in [2.05, 4.69) is 11.8 Å². The molecule has 2 atom stereocenters. The molecule has 8 nitrogen and oxygen atoms in total. The van der Waals surface area contributed by atoms with Crippen molar-refractivity contribution < 1.29 is 36.3 Å². The maximum Gasteiger partial charge on any atom is 0.490 e. The first kappa shape index (κ1) is 27.1. The average Bonchev–Trinajstić information content (AvgIpc) is 2.99. The zero-order valence-electron chi connectivity index (χ0n) is 18.9. The number of alkyl halides is 3. The summed E-state index contributed by atoms with van der Waals surface area (Å²) >= 11 is 0. The number of aliphatic carboxylic acids is 1. The van der Waals surface area contributed by atoms with Crippen LogP contribution in [0.4, 0.5) is 13.2 Å². The van der Waals surface area contributed by atoms with Gasteiger partial charge in [-0.05, 0) is 44.5 Å². The van der Waals surface area contributed by atoms with Gasteiger partial charge >= 0.3 is 12.1 Å². The van der Waals surface area contributed by atoms with Crippen molar-refractivity contribution in [1.82, 2.24) is 14.1 Å². The maximum atomic E-state index is 13.1. The quantitative estimate of drug-likeness (QED) is 0.691. The maximum absolute atomic E-state index is 13.1. The largest absolute Gasteiger partial charge is 0.490 e. The number of amides is 1. The summed E-state index contributed by atoms with van der Waals surface area (Å²) in [6, 6.07) is 8.69. The standard InChI is InChI=1S/C19H29N3O3S.C2HF3O2/c1-4-21-14-11-19(18(23)20(2)3)12-15-22(13-10-17(19)21)26(24,25)16-8-6-5-7-9-16;3-2(4,5)1(6)7/h5-9,17H,4,10-15H2,1-3H3;(H,6,7)/t17-,19-;/m1./s1. The molecule has 3 rings (SSSR count). The molecule has 2 fully saturated rings. The molecule has 2 saturated heterocycles. The van der Waals surface area contributed by atoms with Crippen LogP contribution >= 0.6 is 0 Å². The summed E-state index contributed by atoms with van der Waals surface area (Å²) in [7, 11) is 0.0721. The number of hydrogen-bond donors (Lipinski definition) is 1. The predicted octanol–water partition coefficient (Wildman–Crippen LogP) is 2.27. The molecule has 0 radical (unpaired) electrons. The third kappa shape index (κ3) is 5.85. The molecule has 0 aliphatic carbocycles. The van der Waals surface area contributed by atoms with Crippen LogP contribution in [0.2, 0.25) is 0 Å². The molecule has 1 N–H and O–H groups in total. The van der Waals surface area contributed by atoms with E-state index in [9.17, 15) is 26.4 Å². The number of carboxylic acid groups (broad SMARTS) is 1. The molecule has 186 valence electrons. The highest BCUT2D eigenvalue weighted by Crippen LogP contribution is 2.45. The molecule has 0 aromatic heterocycles. The molecule has 33 heavy (non-hydrogen) atoms. The van der Waals surface area contributed by atoms with Crippen molar-refractivity contribution in [3.63, 3.8) is 0 Å². The van der Waals surface area contributed by atoms with E-state index in [4.69, 9.17) is 9.90 Å². The van der Waals surface area contributed by atoms with E-state index in [0.29, 0.717) is 30.8 Å². The highest BCUT2D eigenvalue weighted by atomic mass is 32.2. The van der Waals surface area contributed by atoms with Crippen LogP contribution in [0.3, 0.4) is 0 Å². The third-order valence-corrected chi connectivity index (χ3v) is 8.16. The molecule has 0 bridgehead atoms. The van der Waals surface area contributed by atoms with Gasteiger partial charge in [0.1, 0.15) is 0 Å². The van der Waals surface area contributed by atoms with Crippen LogP contribution in [0.15, 0.2) is 35.2 Å². The number of benzene rings is 1. The van der Waals surface area contributed by atoms with Crippen molar-refractivity contribution in [1.29, 1.82) is 0 Å². The van der Waals surface area contributed by atoms with E-state index in [1.54, 1.807) is 47.6 Å². The summed E-state index contributed by atoms with van der Waals surface area (Å²) in [4.78, 5) is 26.3. The summed E-state index contributed by atoms with van der Waals surface area (Å²) in [5.41, 5.74) is -0.472. The molecule has 2 heterocycles. The number of nitrogens with zero attached hydrogens (tertiary/aromatic N) is 3. The van der Waals surface area contributed by atoms with Crippen molar-refractivity contribution in [3.8, 4) is 0 Å². The normalized spacial score (nSPS) is 24.2. The van der Waals surface area contributed by atoms with E-state index < -0.39 is 27.6 Å². The highest BCUT2D eigenvalue weighted by molar-refractivity contribution is 7.89. The van der Waals surface area contributed by atoms with Crippen molar-refractivity contribution in [2.45, 2.75) is 43.3 Å². The number of halogens is 3. The first-order chi connectivity index (χ1) is 15.3. The van der Waals surface area contributed by atoms with Crippen LogP contribution in [0, 0.1) is 5.41 Å². The van der Waals surface area contributed by atoms with Crippen LogP contribution in [0.5, 0.6) is 0 Å². The summed E-state index contributed by atoms with van der Waals surface area (Å²) in [5.74, 6) is -2.62. The molecular formula is C21H30F3N3O5S. The molecule has 0 spiro atoms. The summed E-state index contributed by atoms with van der Waals surface area (Å²) in [6.07, 6.45) is -3.00. The molecule has 2 aliphatic heterocycles. The first-order valence-corrected chi connectivity index (χ1v) is 12.0. The van der Waals surface area contributed by atoms with Gasteiger partial charge in [-0.2, -0.15) is 17.5 Å². The molecular weight excluding hydrogens is 463 g/mol. The van der Waals surface area contributed by atoms with Gasteiger partial charge in [0.25, 0.3) is 0 Å². The van der Waals surface area contributed by atoms with E-state index in [0.717, 1.165) is 19.5 Å². The molecule has 12 heteroatoms. The number of hydrogen-bond acceptors (Lipinski definition) is 5. The van der Waals surface area contributed by atoms with E-state index >= 15 is 0 Å². The van der Waals surface area contributed by atoms with Crippen LogP contribution in [0.1, 0.15) is 26.2 Å². The number of carbonyl (C=O) groups is 2. The first-order valence-electron chi connectivity index (χ1n) is 10.6. The fourth-order valence-electron chi connectivity index (χ4n) is 4.63. The summed E-state index contributed by atoms with van der Waals surface area (Å²) < 4.78 is 59.4. The van der Waals surface area contributed by atoms with Gasteiger partial charge in [0.05, 0.1) is 10.3 Å². The number of carbonyl (C=O) groups excluding carboxylic acids is 1. The van der Waals surface area contributed by atoms with Crippen LogP contribution in [-0.2, 0) is 19.6 Å². The Kier molecular flexibility index (Phi) is 8.52. The second-order valence-corrected chi connectivity index (χ2v) is 10.2. The van der Waals surface area contributed by atoms with E-state index in [-0.39, 0.29) is 11.9 Å². The Morgan fingerprint density at radius 3 is 2.15 bits per heavy atom. The third-order valence-electron chi connectivity index (χ3n) is 6.24. The minimum atomic E-state index is -5.08. The highest BCUT2D eigenvalue weighted by Gasteiger charge is 2.54. The molecule has 1 aromatic rings. The van der Waals surface area contributed by atoms with Gasteiger partial charge in [-0.1, -0.05) is 25.1 Å². The predicted molar refractivity (Wildman–Crippen MR) is 115 cm³/mol. The van der Waals surface area contributed by atoms with Gasteiger partial charge in [0, 0.05) is 33.2 Å². The number of fused-ring (bicyclic) bond motifs is 1. The van der Waals surface area contributed by atoms with Gasteiger partial charge in [-0.15, -0.1) is 0 Å². The molecule has 0 saturated carbocycles. The Morgan fingerprint density at radius 1 is 1.12 bits per heavy atom. The minimum Gasteiger partial charge on any atom is -0.475 e. The molecule has 1 amide bonds. The molecule has 2 aliphatic rings. The lowest BCUT2D eigenvalue weighted by Crippen LogP contribution is -2.49. The van der Waals surface area contributed by atoms with E-state index in [1.807, 2.05) is 6.07 Å². The Hall–Kier alpha value is -2.18. The minimum absolute atomic E-state index is 0.110. The summed E-state index contributed by atoms with van der Waals surface area (Å²) in [6.45, 7) is 4.76. The van der Waals surface area contributed by atoms with Crippen molar-refractivity contribution in [2.24, 2.45) is 5.41 Å². The zero-order valence-corrected chi connectivity index (χ0v) is 19.7. The van der Waals surface area contributed by atoms with Crippen LogP contribution in [0.25, 0.3) is 0 Å². The molecule has 1 aromatic carbocycles. The fraction of sp³-hybridized carbons (Fsp3) is 0.619. The van der Waals surface area contributed by atoms with Gasteiger partial charge in [0.15, 0.2) is 0 Å². The van der Waals surface area contributed by atoms with Gasteiger partial charge in [0.2, 0.25) is 15.9 Å². The Morgan fingerprint density at radius 2 is 1.67 bits per heavy atom. The molecule has 0 unspecified atom stereocenters. The van der Waals surface area contributed by atoms with Crippen molar-refractivity contribution in [3.05, 3.63) is 30.3 Å². The van der Waals surface area contributed by atoms with E-state index in [1.165, 1.54) is 0 Å². The topological polar surface area (TPSA) is 98.2 Å².